The second kappa shape index (κ2) is 6.75. The van der Waals surface area contributed by atoms with Crippen molar-refractivity contribution >= 4 is 0 Å². The van der Waals surface area contributed by atoms with Gasteiger partial charge in [0.1, 0.15) is 6.33 Å². The Morgan fingerprint density at radius 1 is 1.12 bits per heavy atom. The van der Waals surface area contributed by atoms with Crippen molar-refractivity contribution in [3.05, 3.63) is 71.6 Å². The predicted octanol–water partition coefficient (Wildman–Crippen LogP) is 2.36. The molecule has 0 amide bonds. The summed E-state index contributed by atoms with van der Waals surface area (Å²) < 4.78 is 0. The summed E-state index contributed by atoms with van der Waals surface area (Å²) in [6.07, 6.45) is 7.71. The summed E-state index contributed by atoms with van der Waals surface area (Å²) in [6.45, 7) is 2.46. The number of aromatic nitrogens is 4. The molecule has 0 unspecified atom stereocenters. The van der Waals surface area contributed by atoms with Crippen LogP contribution < -0.4 is 0 Å². The van der Waals surface area contributed by atoms with Crippen molar-refractivity contribution in [2.75, 3.05) is 6.54 Å². The van der Waals surface area contributed by atoms with E-state index in [2.05, 4.69) is 30.9 Å². The maximum Gasteiger partial charge on any atom is 0.162 e. The molecule has 0 aliphatic carbocycles. The van der Waals surface area contributed by atoms with E-state index in [4.69, 9.17) is 0 Å². The molecule has 2 aromatic heterocycles. The van der Waals surface area contributed by atoms with Crippen LogP contribution in [0.2, 0.25) is 0 Å². The molecule has 3 aromatic rings. The minimum atomic E-state index is 0.669. The molecule has 0 atom stereocenters. The van der Waals surface area contributed by atoms with Crippen LogP contribution in [0, 0.1) is 11.3 Å². The molecule has 0 saturated heterocycles. The summed E-state index contributed by atoms with van der Waals surface area (Å²) in [7, 11) is 0. The molecule has 4 rings (SSSR count). The summed E-state index contributed by atoms with van der Waals surface area (Å²) in [5.41, 5.74) is 4.85. The molecule has 0 radical (unpaired) electrons. The quantitative estimate of drug-likeness (QED) is 0.734. The second-order valence-corrected chi connectivity index (χ2v) is 6.02. The second-order valence-electron chi connectivity index (χ2n) is 6.02. The van der Waals surface area contributed by atoms with E-state index in [-0.39, 0.29) is 0 Å². The minimum absolute atomic E-state index is 0.669. The number of nitriles is 1. The summed E-state index contributed by atoms with van der Waals surface area (Å²) in [5, 5.41) is 9.25. The summed E-state index contributed by atoms with van der Waals surface area (Å²) in [5.74, 6) is 0.669. The third-order valence-electron chi connectivity index (χ3n) is 4.36. The number of hydrogen-bond acceptors (Lipinski definition) is 6. The van der Waals surface area contributed by atoms with E-state index in [1.807, 2.05) is 30.5 Å². The van der Waals surface area contributed by atoms with Gasteiger partial charge in [-0.15, -0.1) is 0 Å². The molecule has 25 heavy (non-hydrogen) atoms. The Hall–Kier alpha value is -3.17. The van der Waals surface area contributed by atoms with E-state index < -0.39 is 0 Å². The molecule has 0 N–H and O–H groups in total. The average molecular weight is 328 g/mol. The van der Waals surface area contributed by atoms with Gasteiger partial charge in [-0.05, 0) is 11.6 Å². The zero-order chi connectivity index (χ0) is 17.1. The monoisotopic (exact) mass is 328 g/mol. The first-order valence-corrected chi connectivity index (χ1v) is 8.14. The SMILES string of the molecule is N#Cc1ccccc1CN1CCc2nc(-c3cncnc3)ncc2C1. The number of nitrogens with zero attached hydrogens (tertiary/aromatic N) is 6. The predicted molar refractivity (Wildman–Crippen MR) is 92.0 cm³/mol. The van der Waals surface area contributed by atoms with Crippen molar-refractivity contribution in [2.24, 2.45) is 0 Å². The first-order chi connectivity index (χ1) is 12.3. The van der Waals surface area contributed by atoms with Gasteiger partial charge in [0.25, 0.3) is 0 Å². The fourth-order valence-electron chi connectivity index (χ4n) is 3.07. The molecular formula is C19H16N6. The van der Waals surface area contributed by atoms with Crippen LogP contribution in [0.4, 0.5) is 0 Å². The van der Waals surface area contributed by atoms with Gasteiger partial charge in [-0.3, -0.25) is 4.90 Å². The van der Waals surface area contributed by atoms with Crippen LogP contribution >= 0.6 is 0 Å². The summed E-state index contributed by atoms with van der Waals surface area (Å²) >= 11 is 0. The van der Waals surface area contributed by atoms with Gasteiger partial charge in [0.15, 0.2) is 5.82 Å². The van der Waals surface area contributed by atoms with Crippen molar-refractivity contribution in [1.29, 1.82) is 5.26 Å². The lowest BCUT2D eigenvalue weighted by molar-refractivity contribution is 0.243. The molecule has 1 aromatic carbocycles. The van der Waals surface area contributed by atoms with E-state index in [0.29, 0.717) is 5.82 Å². The Morgan fingerprint density at radius 3 is 2.80 bits per heavy atom. The highest BCUT2D eigenvalue weighted by Gasteiger charge is 2.19. The standard InChI is InChI=1S/C19H16N6/c20-7-14-3-1-2-4-15(14)11-25-6-5-18-17(12-25)10-23-19(24-18)16-8-21-13-22-9-16/h1-4,8-10,13H,5-6,11-12H2. The molecule has 3 heterocycles. The third-order valence-corrected chi connectivity index (χ3v) is 4.36. The van der Waals surface area contributed by atoms with Gasteiger partial charge < -0.3 is 0 Å². The van der Waals surface area contributed by atoms with Crippen molar-refractivity contribution in [2.45, 2.75) is 19.5 Å². The highest BCUT2D eigenvalue weighted by atomic mass is 15.1. The largest absolute Gasteiger partial charge is 0.294 e. The molecule has 0 fully saturated rings. The van der Waals surface area contributed by atoms with Crippen molar-refractivity contribution in [1.82, 2.24) is 24.8 Å². The molecule has 0 bridgehead atoms. The number of fused-ring (bicyclic) bond motifs is 1. The smallest absolute Gasteiger partial charge is 0.162 e. The third kappa shape index (κ3) is 3.23. The van der Waals surface area contributed by atoms with Gasteiger partial charge in [0.2, 0.25) is 0 Å². The van der Waals surface area contributed by atoms with Crippen LogP contribution in [0.5, 0.6) is 0 Å². The van der Waals surface area contributed by atoms with E-state index >= 15 is 0 Å². The maximum atomic E-state index is 9.25. The van der Waals surface area contributed by atoms with Gasteiger partial charge in [-0.25, -0.2) is 19.9 Å². The Morgan fingerprint density at radius 2 is 1.96 bits per heavy atom. The first kappa shape index (κ1) is 15.4. The highest BCUT2D eigenvalue weighted by Crippen LogP contribution is 2.22. The summed E-state index contributed by atoms with van der Waals surface area (Å²) in [4.78, 5) is 19.5. The Kier molecular flexibility index (Phi) is 4.15. The number of benzene rings is 1. The number of rotatable bonds is 3. The molecule has 0 saturated carbocycles. The molecule has 6 nitrogen and oxygen atoms in total. The zero-order valence-corrected chi connectivity index (χ0v) is 13.6. The molecule has 6 heteroatoms. The van der Waals surface area contributed by atoms with Crippen molar-refractivity contribution in [3.63, 3.8) is 0 Å². The minimum Gasteiger partial charge on any atom is -0.294 e. The van der Waals surface area contributed by atoms with Gasteiger partial charge in [0.05, 0.1) is 22.9 Å². The van der Waals surface area contributed by atoms with E-state index in [9.17, 15) is 5.26 Å². The first-order valence-electron chi connectivity index (χ1n) is 8.14. The Balaban J connectivity index is 1.53. The zero-order valence-electron chi connectivity index (χ0n) is 13.6. The average Bonchev–Trinajstić information content (AvgIpc) is 2.68. The fraction of sp³-hybridized carbons (Fsp3) is 0.211. The molecule has 0 spiro atoms. The van der Waals surface area contributed by atoms with Crippen molar-refractivity contribution < 1.29 is 0 Å². The number of hydrogen-bond donors (Lipinski definition) is 0. The fourth-order valence-corrected chi connectivity index (χ4v) is 3.07. The Bertz CT molecular complexity index is 932. The van der Waals surface area contributed by atoms with Crippen LogP contribution in [-0.4, -0.2) is 31.4 Å². The lowest BCUT2D eigenvalue weighted by Crippen LogP contribution is -2.31. The van der Waals surface area contributed by atoms with Crippen LogP contribution in [0.1, 0.15) is 22.4 Å². The molecule has 1 aliphatic rings. The normalized spacial score (nSPS) is 13.9. The molecule has 122 valence electrons. The van der Waals surface area contributed by atoms with Crippen LogP contribution in [0.25, 0.3) is 11.4 Å². The lowest BCUT2D eigenvalue weighted by atomic mass is 10.0. The van der Waals surface area contributed by atoms with E-state index in [0.717, 1.165) is 54.0 Å². The molecular weight excluding hydrogens is 312 g/mol. The van der Waals surface area contributed by atoms with Crippen LogP contribution in [-0.2, 0) is 19.5 Å². The van der Waals surface area contributed by atoms with Gasteiger partial charge in [-0.2, -0.15) is 5.26 Å². The lowest BCUT2D eigenvalue weighted by Gasteiger charge is -2.28. The van der Waals surface area contributed by atoms with Crippen LogP contribution in [0.15, 0.2) is 49.2 Å². The van der Waals surface area contributed by atoms with Crippen LogP contribution in [0.3, 0.4) is 0 Å². The molecule has 1 aliphatic heterocycles. The topological polar surface area (TPSA) is 78.6 Å². The highest BCUT2D eigenvalue weighted by molar-refractivity contribution is 5.52. The van der Waals surface area contributed by atoms with E-state index in [1.165, 1.54) is 6.33 Å². The van der Waals surface area contributed by atoms with Gasteiger partial charge >= 0.3 is 0 Å². The maximum absolute atomic E-state index is 9.25. The van der Waals surface area contributed by atoms with Crippen molar-refractivity contribution in [3.8, 4) is 17.5 Å². The van der Waals surface area contributed by atoms with Gasteiger partial charge in [0, 0.05) is 50.2 Å². The van der Waals surface area contributed by atoms with E-state index in [1.54, 1.807) is 12.4 Å². The van der Waals surface area contributed by atoms with Gasteiger partial charge in [-0.1, -0.05) is 18.2 Å². The Labute approximate surface area is 145 Å². The summed E-state index contributed by atoms with van der Waals surface area (Å²) in [6, 6.07) is 10.0.